The van der Waals surface area contributed by atoms with Crippen LogP contribution in [-0.2, 0) is 15.7 Å². The fourth-order valence-corrected chi connectivity index (χ4v) is 1.92. The van der Waals surface area contributed by atoms with Crippen molar-refractivity contribution in [2.24, 2.45) is 0 Å². The van der Waals surface area contributed by atoms with Crippen molar-refractivity contribution in [3.05, 3.63) is 35.5 Å². The number of hydrogen-bond acceptors (Lipinski definition) is 4. The number of alkyl halides is 3. The largest absolute Gasteiger partial charge is 0.468 e. The summed E-state index contributed by atoms with van der Waals surface area (Å²) in [6.07, 6.45) is -4.42. The van der Waals surface area contributed by atoms with Gasteiger partial charge in [0.25, 0.3) is 0 Å². The van der Waals surface area contributed by atoms with E-state index in [0.29, 0.717) is 16.8 Å². The average Bonchev–Trinajstić information content (AvgIpc) is 2.42. The molecule has 0 unspecified atom stereocenters. The van der Waals surface area contributed by atoms with Gasteiger partial charge in [-0.25, -0.2) is 0 Å². The van der Waals surface area contributed by atoms with Crippen molar-refractivity contribution in [2.45, 2.75) is 13.1 Å². The molecule has 0 radical (unpaired) electrons. The second-order valence-electron chi connectivity index (χ2n) is 4.47. The molecule has 0 bridgehead atoms. The van der Waals surface area contributed by atoms with Crippen LogP contribution in [0.25, 0.3) is 10.9 Å². The Morgan fingerprint density at radius 3 is 2.67 bits per heavy atom. The van der Waals surface area contributed by atoms with E-state index in [4.69, 9.17) is 0 Å². The molecule has 1 aromatic carbocycles. The summed E-state index contributed by atoms with van der Waals surface area (Å²) in [6, 6.07) is 4.98. The summed E-state index contributed by atoms with van der Waals surface area (Å²) in [5, 5.41) is 3.35. The van der Waals surface area contributed by atoms with Crippen LogP contribution in [0.1, 0.15) is 11.3 Å². The summed E-state index contributed by atoms with van der Waals surface area (Å²) in [6.45, 7) is 1.60. The number of aromatic nitrogens is 1. The smallest absolute Gasteiger partial charge is 0.416 e. The van der Waals surface area contributed by atoms with Gasteiger partial charge in [0, 0.05) is 16.8 Å². The van der Waals surface area contributed by atoms with Crippen molar-refractivity contribution < 1.29 is 22.7 Å². The lowest BCUT2D eigenvalue weighted by Gasteiger charge is -2.12. The molecule has 2 aromatic rings. The van der Waals surface area contributed by atoms with Gasteiger partial charge in [-0.05, 0) is 25.1 Å². The van der Waals surface area contributed by atoms with Gasteiger partial charge < -0.3 is 10.1 Å². The first-order valence-corrected chi connectivity index (χ1v) is 6.10. The van der Waals surface area contributed by atoms with E-state index in [0.717, 1.165) is 12.1 Å². The first-order chi connectivity index (χ1) is 9.81. The first kappa shape index (κ1) is 15.1. The lowest BCUT2D eigenvalue weighted by molar-refractivity contribution is -0.138. The van der Waals surface area contributed by atoms with Gasteiger partial charge in [-0.2, -0.15) is 13.2 Å². The van der Waals surface area contributed by atoms with Crippen LogP contribution in [-0.4, -0.2) is 24.6 Å². The zero-order chi connectivity index (χ0) is 15.6. The van der Waals surface area contributed by atoms with Crippen molar-refractivity contribution in [3.8, 4) is 0 Å². The van der Waals surface area contributed by atoms with Gasteiger partial charge in [-0.3, -0.25) is 9.78 Å². The molecule has 21 heavy (non-hydrogen) atoms. The van der Waals surface area contributed by atoms with Gasteiger partial charge in [-0.15, -0.1) is 0 Å². The van der Waals surface area contributed by atoms with Crippen LogP contribution >= 0.6 is 0 Å². The van der Waals surface area contributed by atoms with Gasteiger partial charge in [0.15, 0.2) is 0 Å². The highest BCUT2D eigenvalue weighted by Gasteiger charge is 2.30. The molecule has 1 N–H and O–H groups in total. The topological polar surface area (TPSA) is 51.2 Å². The molecule has 0 fully saturated rings. The summed E-state index contributed by atoms with van der Waals surface area (Å²) in [5.41, 5.74) is 0.551. The molecule has 0 aliphatic heterocycles. The lowest BCUT2D eigenvalue weighted by Crippen LogP contribution is -2.15. The standard InChI is InChI=1S/C14H13F3N2O2/c1-8-5-11(18-7-13(20)21-2)10-4-3-9(14(15,16)17)6-12(10)19-8/h3-6H,7H2,1-2H3,(H,18,19). The number of methoxy groups -OCH3 is 1. The van der Waals surface area contributed by atoms with Crippen LogP contribution in [0.4, 0.5) is 18.9 Å². The summed E-state index contributed by atoms with van der Waals surface area (Å²) < 4.78 is 42.6. The molecule has 1 heterocycles. The molecule has 1 aromatic heterocycles. The predicted octanol–water partition coefficient (Wildman–Crippen LogP) is 3.15. The highest BCUT2D eigenvalue weighted by molar-refractivity contribution is 5.93. The zero-order valence-corrected chi connectivity index (χ0v) is 11.4. The average molecular weight is 298 g/mol. The lowest BCUT2D eigenvalue weighted by atomic mass is 10.1. The molecule has 0 spiro atoms. The van der Waals surface area contributed by atoms with Gasteiger partial charge in [0.05, 0.1) is 18.2 Å². The number of fused-ring (bicyclic) bond motifs is 1. The van der Waals surface area contributed by atoms with Crippen LogP contribution in [0.3, 0.4) is 0 Å². The van der Waals surface area contributed by atoms with Crippen molar-refractivity contribution in [1.29, 1.82) is 0 Å². The van der Waals surface area contributed by atoms with E-state index in [1.165, 1.54) is 13.2 Å². The number of carbonyl (C=O) groups excluding carboxylic acids is 1. The molecule has 112 valence electrons. The van der Waals surface area contributed by atoms with Crippen molar-refractivity contribution in [1.82, 2.24) is 4.98 Å². The Balaban J connectivity index is 2.45. The number of anilines is 1. The summed E-state index contributed by atoms with van der Waals surface area (Å²) >= 11 is 0. The molecular formula is C14H13F3N2O2. The maximum absolute atomic E-state index is 12.7. The van der Waals surface area contributed by atoms with Crippen LogP contribution in [0.15, 0.2) is 24.3 Å². The predicted molar refractivity (Wildman–Crippen MR) is 72.0 cm³/mol. The van der Waals surface area contributed by atoms with Crippen molar-refractivity contribution in [2.75, 3.05) is 19.0 Å². The normalized spacial score (nSPS) is 11.5. The van der Waals surface area contributed by atoms with E-state index in [1.54, 1.807) is 13.0 Å². The number of hydrogen-bond donors (Lipinski definition) is 1. The third-order valence-corrected chi connectivity index (χ3v) is 2.92. The highest BCUT2D eigenvalue weighted by atomic mass is 19.4. The first-order valence-electron chi connectivity index (χ1n) is 6.10. The highest BCUT2D eigenvalue weighted by Crippen LogP contribution is 2.32. The monoisotopic (exact) mass is 298 g/mol. The number of ether oxygens (including phenoxy) is 1. The minimum absolute atomic E-state index is 0.0733. The second kappa shape index (κ2) is 5.59. The Morgan fingerprint density at radius 2 is 2.05 bits per heavy atom. The summed E-state index contributed by atoms with van der Waals surface area (Å²) in [5.74, 6) is -0.468. The summed E-state index contributed by atoms with van der Waals surface area (Å²) in [7, 11) is 1.26. The third-order valence-electron chi connectivity index (χ3n) is 2.92. The molecule has 0 atom stereocenters. The van der Waals surface area contributed by atoms with Crippen LogP contribution in [0.5, 0.6) is 0 Å². The molecule has 4 nitrogen and oxygen atoms in total. The summed E-state index contributed by atoms with van der Waals surface area (Å²) in [4.78, 5) is 15.2. The minimum atomic E-state index is -4.42. The number of halogens is 3. The Kier molecular flexibility index (Phi) is 4.02. The Labute approximate surface area is 118 Å². The van der Waals surface area contributed by atoms with Crippen molar-refractivity contribution in [3.63, 3.8) is 0 Å². The van der Waals surface area contributed by atoms with E-state index in [-0.39, 0.29) is 12.1 Å². The van der Waals surface area contributed by atoms with E-state index in [9.17, 15) is 18.0 Å². The number of nitrogens with zero attached hydrogens (tertiary/aromatic N) is 1. The van der Waals surface area contributed by atoms with Gasteiger partial charge >= 0.3 is 12.1 Å². The molecule has 0 aliphatic carbocycles. The number of nitrogens with one attached hydrogen (secondary N) is 1. The molecule has 0 saturated carbocycles. The number of carbonyl (C=O) groups is 1. The minimum Gasteiger partial charge on any atom is -0.468 e. The number of esters is 1. The van der Waals surface area contributed by atoms with Gasteiger partial charge in [-0.1, -0.05) is 6.07 Å². The van der Waals surface area contributed by atoms with E-state index < -0.39 is 17.7 Å². The fourth-order valence-electron chi connectivity index (χ4n) is 1.92. The zero-order valence-electron chi connectivity index (χ0n) is 11.4. The maximum Gasteiger partial charge on any atom is 0.416 e. The van der Waals surface area contributed by atoms with E-state index in [2.05, 4.69) is 15.0 Å². The maximum atomic E-state index is 12.7. The van der Waals surface area contributed by atoms with Crippen LogP contribution in [0, 0.1) is 6.92 Å². The quantitative estimate of drug-likeness (QED) is 0.884. The Morgan fingerprint density at radius 1 is 1.33 bits per heavy atom. The molecule has 2 rings (SSSR count). The van der Waals surface area contributed by atoms with Crippen LogP contribution in [0.2, 0.25) is 0 Å². The van der Waals surface area contributed by atoms with E-state index >= 15 is 0 Å². The van der Waals surface area contributed by atoms with Gasteiger partial charge in [0.1, 0.15) is 6.54 Å². The second-order valence-corrected chi connectivity index (χ2v) is 4.47. The van der Waals surface area contributed by atoms with E-state index in [1.807, 2.05) is 0 Å². The molecule has 0 aliphatic rings. The van der Waals surface area contributed by atoms with Crippen molar-refractivity contribution >= 4 is 22.6 Å². The van der Waals surface area contributed by atoms with Crippen LogP contribution < -0.4 is 5.32 Å². The SMILES string of the molecule is COC(=O)CNc1cc(C)nc2cc(C(F)(F)F)ccc12. The third kappa shape index (κ3) is 3.42. The Bertz CT molecular complexity index is 684. The number of aryl methyl sites for hydroxylation is 1. The Hall–Kier alpha value is -2.31. The fraction of sp³-hybridized carbons (Fsp3) is 0.286. The molecule has 0 saturated heterocycles. The number of benzene rings is 1. The molecular weight excluding hydrogens is 285 g/mol. The molecule has 7 heteroatoms. The number of pyridine rings is 1. The molecule has 0 amide bonds. The number of rotatable bonds is 3. The van der Waals surface area contributed by atoms with Gasteiger partial charge in [0.2, 0.25) is 0 Å².